The minimum atomic E-state index is -3.67. The van der Waals surface area contributed by atoms with Gasteiger partial charge in [0.1, 0.15) is 11.5 Å². The molecular weight excluding hydrogens is 342 g/mol. The minimum Gasteiger partial charge on any atom is -0.457 e. The SMILES string of the molecule is NC(=O)CN1CCN(Cc2cccc(Oc3ccccc3)c2)S1(=O)=O. The lowest BCUT2D eigenvalue weighted by Crippen LogP contribution is -2.38. The quantitative estimate of drug-likeness (QED) is 0.840. The second kappa shape index (κ2) is 7.22. The van der Waals surface area contributed by atoms with Crippen LogP contribution in [0.4, 0.5) is 0 Å². The molecule has 132 valence electrons. The van der Waals surface area contributed by atoms with Crippen LogP contribution in [-0.4, -0.2) is 42.6 Å². The zero-order valence-electron chi connectivity index (χ0n) is 13.5. The number of nitrogens with two attached hydrogens (primary N) is 1. The van der Waals surface area contributed by atoms with E-state index in [4.69, 9.17) is 10.5 Å². The standard InChI is InChI=1S/C17H19N3O4S/c18-17(21)13-20-10-9-19(25(20,22)23)12-14-5-4-8-16(11-14)24-15-6-2-1-3-7-15/h1-8,11H,9-10,12-13H2,(H2,18,21). The van der Waals surface area contributed by atoms with Gasteiger partial charge in [0, 0.05) is 19.6 Å². The Morgan fingerprint density at radius 3 is 2.40 bits per heavy atom. The summed E-state index contributed by atoms with van der Waals surface area (Å²) in [5.74, 6) is 0.680. The average Bonchev–Trinajstić information content (AvgIpc) is 2.83. The Morgan fingerprint density at radius 2 is 1.68 bits per heavy atom. The van der Waals surface area contributed by atoms with E-state index in [1.54, 1.807) is 6.07 Å². The fourth-order valence-corrected chi connectivity index (χ4v) is 4.20. The first-order valence-electron chi connectivity index (χ1n) is 7.80. The van der Waals surface area contributed by atoms with Gasteiger partial charge in [-0.15, -0.1) is 0 Å². The maximum atomic E-state index is 12.4. The van der Waals surface area contributed by atoms with Crippen molar-refractivity contribution in [3.05, 3.63) is 60.2 Å². The van der Waals surface area contributed by atoms with Crippen LogP contribution in [0.15, 0.2) is 54.6 Å². The third-order valence-corrected chi connectivity index (χ3v) is 5.75. The molecule has 0 radical (unpaired) electrons. The van der Waals surface area contributed by atoms with Crippen LogP contribution in [0, 0.1) is 0 Å². The lowest BCUT2D eigenvalue weighted by Gasteiger charge is -2.18. The molecule has 1 heterocycles. The van der Waals surface area contributed by atoms with Crippen LogP contribution in [0.3, 0.4) is 0 Å². The topological polar surface area (TPSA) is 92.9 Å². The van der Waals surface area contributed by atoms with Gasteiger partial charge in [0.05, 0.1) is 6.54 Å². The van der Waals surface area contributed by atoms with E-state index >= 15 is 0 Å². The van der Waals surface area contributed by atoms with E-state index in [-0.39, 0.29) is 19.6 Å². The van der Waals surface area contributed by atoms with E-state index in [0.717, 1.165) is 9.87 Å². The lowest BCUT2D eigenvalue weighted by molar-refractivity contribution is -0.118. The Balaban J connectivity index is 1.71. The van der Waals surface area contributed by atoms with Crippen LogP contribution >= 0.6 is 0 Å². The maximum absolute atomic E-state index is 12.4. The summed E-state index contributed by atoms with van der Waals surface area (Å²) >= 11 is 0. The van der Waals surface area contributed by atoms with Crippen molar-refractivity contribution in [3.8, 4) is 11.5 Å². The zero-order valence-corrected chi connectivity index (χ0v) is 14.4. The summed E-state index contributed by atoms with van der Waals surface area (Å²) in [5.41, 5.74) is 5.91. The fourth-order valence-electron chi connectivity index (χ4n) is 2.65. The molecule has 0 saturated carbocycles. The highest BCUT2D eigenvalue weighted by atomic mass is 32.2. The summed E-state index contributed by atoms with van der Waals surface area (Å²) in [4.78, 5) is 11.0. The smallest absolute Gasteiger partial charge is 0.282 e. The largest absolute Gasteiger partial charge is 0.457 e. The molecule has 8 heteroatoms. The Bertz CT molecular complexity index is 855. The molecule has 0 unspecified atom stereocenters. The average molecular weight is 361 g/mol. The molecule has 2 N–H and O–H groups in total. The number of carbonyl (C=O) groups is 1. The number of hydrogen-bond donors (Lipinski definition) is 1. The van der Waals surface area contributed by atoms with E-state index in [1.807, 2.05) is 48.5 Å². The number of rotatable bonds is 6. The van der Waals surface area contributed by atoms with Gasteiger partial charge in [0.15, 0.2) is 0 Å². The van der Waals surface area contributed by atoms with Gasteiger partial charge in [-0.25, -0.2) is 0 Å². The molecular formula is C17H19N3O4S. The van der Waals surface area contributed by atoms with Gasteiger partial charge in [-0.2, -0.15) is 17.0 Å². The predicted octanol–water partition coefficient (Wildman–Crippen LogP) is 1.33. The predicted molar refractivity (Wildman–Crippen MR) is 93.1 cm³/mol. The summed E-state index contributed by atoms with van der Waals surface area (Å²) in [6.45, 7) is 0.491. The molecule has 7 nitrogen and oxygen atoms in total. The third-order valence-electron chi connectivity index (χ3n) is 3.82. The molecule has 1 aliphatic heterocycles. The van der Waals surface area contributed by atoms with Gasteiger partial charge in [-0.05, 0) is 29.8 Å². The molecule has 3 rings (SSSR count). The Morgan fingerprint density at radius 1 is 1.00 bits per heavy atom. The van der Waals surface area contributed by atoms with Gasteiger partial charge in [0.2, 0.25) is 5.91 Å². The molecule has 1 saturated heterocycles. The van der Waals surface area contributed by atoms with Crippen LogP contribution in [0.2, 0.25) is 0 Å². The molecule has 1 amide bonds. The Hall–Kier alpha value is -2.42. The molecule has 2 aromatic rings. The number of hydrogen-bond acceptors (Lipinski definition) is 4. The summed E-state index contributed by atoms with van der Waals surface area (Å²) < 4.78 is 33.0. The van der Waals surface area contributed by atoms with Crippen molar-refractivity contribution in [1.82, 2.24) is 8.61 Å². The van der Waals surface area contributed by atoms with Gasteiger partial charge < -0.3 is 10.5 Å². The van der Waals surface area contributed by atoms with Gasteiger partial charge in [-0.3, -0.25) is 4.79 Å². The Kier molecular flexibility index (Phi) is 5.03. The van der Waals surface area contributed by atoms with Crippen LogP contribution in [-0.2, 0) is 21.5 Å². The van der Waals surface area contributed by atoms with Crippen molar-refractivity contribution in [1.29, 1.82) is 0 Å². The second-order valence-corrected chi connectivity index (χ2v) is 7.63. The molecule has 0 spiro atoms. The van der Waals surface area contributed by atoms with E-state index in [9.17, 15) is 13.2 Å². The van der Waals surface area contributed by atoms with Crippen molar-refractivity contribution in [3.63, 3.8) is 0 Å². The van der Waals surface area contributed by atoms with E-state index in [0.29, 0.717) is 18.0 Å². The zero-order chi connectivity index (χ0) is 17.9. The number of ether oxygens (including phenoxy) is 1. The first kappa shape index (κ1) is 17.4. The number of benzene rings is 2. The monoisotopic (exact) mass is 361 g/mol. The van der Waals surface area contributed by atoms with E-state index < -0.39 is 16.1 Å². The number of primary amides is 1. The third kappa shape index (κ3) is 4.16. The van der Waals surface area contributed by atoms with Crippen molar-refractivity contribution in [2.75, 3.05) is 19.6 Å². The molecule has 1 aliphatic rings. The molecule has 2 aromatic carbocycles. The highest BCUT2D eigenvalue weighted by Gasteiger charge is 2.37. The van der Waals surface area contributed by atoms with Gasteiger partial charge >= 0.3 is 0 Å². The Labute approximate surface area is 146 Å². The summed E-state index contributed by atoms with van der Waals surface area (Å²) in [7, 11) is -3.67. The van der Waals surface area contributed by atoms with Crippen LogP contribution in [0.1, 0.15) is 5.56 Å². The van der Waals surface area contributed by atoms with Gasteiger partial charge in [-0.1, -0.05) is 30.3 Å². The van der Waals surface area contributed by atoms with Crippen molar-refractivity contribution < 1.29 is 17.9 Å². The fraction of sp³-hybridized carbons (Fsp3) is 0.235. The normalized spacial score (nSPS) is 17.4. The molecule has 0 atom stereocenters. The van der Waals surface area contributed by atoms with Crippen molar-refractivity contribution in [2.45, 2.75) is 6.54 Å². The first-order valence-corrected chi connectivity index (χ1v) is 9.20. The molecule has 0 aliphatic carbocycles. The van der Waals surface area contributed by atoms with Crippen molar-refractivity contribution in [2.24, 2.45) is 5.73 Å². The highest BCUT2D eigenvalue weighted by Crippen LogP contribution is 2.24. The first-order chi connectivity index (χ1) is 11.9. The highest BCUT2D eigenvalue weighted by molar-refractivity contribution is 7.87. The lowest BCUT2D eigenvalue weighted by atomic mass is 10.2. The molecule has 0 aromatic heterocycles. The van der Waals surface area contributed by atoms with E-state index in [2.05, 4.69) is 0 Å². The second-order valence-electron chi connectivity index (χ2n) is 5.70. The number of nitrogens with zero attached hydrogens (tertiary/aromatic N) is 2. The molecule has 1 fully saturated rings. The van der Waals surface area contributed by atoms with Gasteiger partial charge in [0.25, 0.3) is 10.2 Å². The van der Waals surface area contributed by atoms with Crippen LogP contribution in [0.5, 0.6) is 11.5 Å². The van der Waals surface area contributed by atoms with E-state index in [1.165, 1.54) is 4.31 Å². The maximum Gasteiger partial charge on any atom is 0.282 e. The summed E-state index contributed by atoms with van der Waals surface area (Å²) in [6.07, 6.45) is 0. The number of carbonyl (C=O) groups excluding carboxylic acids is 1. The number of para-hydroxylation sites is 1. The summed E-state index contributed by atoms with van der Waals surface area (Å²) in [5, 5.41) is 0. The van der Waals surface area contributed by atoms with Crippen LogP contribution < -0.4 is 10.5 Å². The number of amides is 1. The van der Waals surface area contributed by atoms with Crippen LogP contribution in [0.25, 0.3) is 0 Å². The minimum absolute atomic E-state index is 0.212. The molecule has 0 bridgehead atoms. The molecule has 25 heavy (non-hydrogen) atoms. The van der Waals surface area contributed by atoms with Crippen molar-refractivity contribution >= 4 is 16.1 Å². The summed E-state index contributed by atoms with van der Waals surface area (Å²) in [6, 6.07) is 16.6.